The molecule has 1 atom stereocenters. The van der Waals surface area contributed by atoms with Crippen molar-refractivity contribution in [2.24, 2.45) is 0 Å². The third-order valence-electron chi connectivity index (χ3n) is 2.49. The highest BCUT2D eigenvalue weighted by molar-refractivity contribution is 5.78. The van der Waals surface area contributed by atoms with Crippen molar-refractivity contribution in [2.75, 3.05) is 33.3 Å². The van der Waals surface area contributed by atoms with Gasteiger partial charge < -0.3 is 15.0 Å². The molecule has 1 amide bonds. The summed E-state index contributed by atoms with van der Waals surface area (Å²) in [5, 5.41) is 2.99. The maximum atomic E-state index is 11.6. The van der Waals surface area contributed by atoms with Crippen molar-refractivity contribution in [1.29, 1.82) is 0 Å². The highest BCUT2D eigenvalue weighted by atomic mass is 16.5. The monoisotopic (exact) mass is 212 g/mol. The summed E-state index contributed by atoms with van der Waals surface area (Å²) >= 11 is 0. The van der Waals surface area contributed by atoms with Crippen molar-refractivity contribution in [3.8, 4) is 0 Å². The van der Waals surface area contributed by atoms with Gasteiger partial charge in [-0.05, 0) is 12.8 Å². The molecule has 4 nitrogen and oxygen atoms in total. The predicted octanol–water partition coefficient (Wildman–Crippen LogP) is 0.399. The summed E-state index contributed by atoms with van der Waals surface area (Å²) in [6.07, 6.45) is 4.16. The normalized spacial score (nSPS) is 20.2. The van der Waals surface area contributed by atoms with Crippen LogP contribution in [0, 0.1) is 0 Å². The molecule has 0 radical (unpaired) electrons. The zero-order chi connectivity index (χ0) is 11.1. The lowest BCUT2D eigenvalue weighted by atomic mass is 10.2. The van der Waals surface area contributed by atoms with Gasteiger partial charge in [-0.1, -0.05) is 6.08 Å². The van der Waals surface area contributed by atoms with Gasteiger partial charge in [-0.15, -0.1) is 6.58 Å². The van der Waals surface area contributed by atoms with E-state index in [1.54, 1.807) is 11.0 Å². The Morgan fingerprint density at radius 1 is 1.73 bits per heavy atom. The van der Waals surface area contributed by atoms with E-state index < -0.39 is 0 Å². The molecule has 0 aromatic heterocycles. The summed E-state index contributed by atoms with van der Waals surface area (Å²) in [6.45, 7) is 6.15. The highest BCUT2D eigenvalue weighted by Gasteiger charge is 2.19. The maximum Gasteiger partial charge on any atom is 0.236 e. The predicted molar refractivity (Wildman–Crippen MR) is 59.7 cm³/mol. The zero-order valence-corrected chi connectivity index (χ0v) is 9.37. The van der Waals surface area contributed by atoms with E-state index >= 15 is 0 Å². The van der Waals surface area contributed by atoms with Gasteiger partial charge >= 0.3 is 0 Å². The summed E-state index contributed by atoms with van der Waals surface area (Å²) < 4.78 is 5.47. The molecule has 1 fully saturated rings. The third kappa shape index (κ3) is 4.44. The van der Waals surface area contributed by atoms with Gasteiger partial charge in [0.2, 0.25) is 5.91 Å². The van der Waals surface area contributed by atoms with Crippen LogP contribution in [-0.2, 0) is 9.53 Å². The van der Waals surface area contributed by atoms with Crippen molar-refractivity contribution in [1.82, 2.24) is 10.2 Å². The standard InChI is InChI=1S/C11H20N2O2/c1-3-6-12-8-11(14)13(2)9-10-5-4-7-15-10/h3,10,12H,1,4-9H2,2H3. The topological polar surface area (TPSA) is 41.6 Å². The average Bonchev–Trinajstić information content (AvgIpc) is 2.70. The Bertz CT molecular complexity index is 213. The number of hydrogen-bond donors (Lipinski definition) is 1. The number of carbonyl (C=O) groups is 1. The molecular formula is C11H20N2O2. The van der Waals surface area contributed by atoms with Gasteiger partial charge in [-0.2, -0.15) is 0 Å². The number of nitrogens with zero attached hydrogens (tertiary/aromatic N) is 1. The minimum absolute atomic E-state index is 0.104. The van der Waals surface area contributed by atoms with Gasteiger partial charge in [0.25, 0.3) is 0 Å². The summed E-state index contributed by atoms with van der Waals surface area (Å²) in [5.41, 5.74) is 0. The van der Waals surface area contributed by atoms with E-state index in [1.807, 2.05) is 7.05 Å². The molecule has 1 unspecified atom stereocenters. The zero-order valence-electron chi connectivity index (χ0n) is 9.37. The molecule has 0 aromatic rings. The number of likely N-dealkylation sites (N-methyl/N-ethyl adjacent to an activating group) is 1. The van der Waals surface area contributed by atoms with Gasteiger partial charge in [0.1, 0.15) is 0 Å². The Balaban J connectivity index is 2.16. The second-order valence-corrected chi connectivity index (χ2v) is 3.83. The Labute approximate surface area is 91.3 Å². The average molecular weight is 212 g/mol. The molecule has 0 aromatic carbocycles. The Morgan fingerprint density at radius 3 is 3.13 bits per heavy atom. The fourth-order valence-electron chi connectivity index (χ4n) is 1.61. The Kier molecular flexibility index (Phi) is 5.36. The lowest BCUT2D eigenvalue weighted by Crippen LogP contribution is -2.39. The van der Waals surface area contributed by atoms with Crippen molar-refractivity contribution in [2.45, 2.75) is 18.9 Å². The van der Waals surface area contributed by atoms with Crippen LogP contribution in [0.5, 0.6) is 0 Å². The van der Waals surface area contributed by atoms with Gasteiger partial charge in [0.15, 0.2) is 0 Å². The first-order valence-corrected chi connectivity index (χ1v) is 5.41. The first-order chi connectivity index (χ1) is 7.24. The number of nitrogens with one attached hydrogen (secondary N) is 1. The van der Waals surface area contributed by atoms with E-state index in [4.69, 9.17) is 4.74 Å². The lowest BCUT2D eigenvalue weighted by Gasteiger charge is -2.20. The maximum absolute atomic E-state index is 11.6. The van der Waals surface area contributed by atoms with Crippen molar-refractivity contribution < 1.29 is 9.53 Å². The quantitative estimate of drug-likeness (QED) is 0.512. The number of carbonyl (C=O) groups excluding carboxylic acids is 1. The van der Waals surface area contributed by atoms with Crippen LogP contribution in [0.1, 0.15) is 12.8 Å². The fraction of sp³-hybridized carbons (Fsp3) is 0.727. The summed E-state index contributed by atoms with van der Waals surface area (Å²) in [4.78, 5) is 13.3. The molecule has 1 N–H and O–H groups in total. The molecule has 1 aliphatic heterocycles. The second-order valence-electron chi connectivity index (χ2n) is 3.83. The Morgan fingerprint density at radius 2 is 2.53 bits per heavy atom. The van der Waals surface area contributed by atoms with E-state index in [9.17, 15) is 4.79 Å². The Hall–Kier alpha value is -0.870. The van der Waals surface area contributed by atoms with E-state index in [0.29, 0.717) is 19.6 Å². The van der Waals surface area contributed by atoms with Gasteiger partial charge in [-0.3, -0.25) is 4.79 Å². The molecule has 86 valence electrons. The third-order valence-corrected chi connectivity index (χ3v) is 2.49. The minimum Gasteiger partial charge on any atom is -0.376 e. The molecule has 0 bridgehead atoms. The van der Waals surface area contributed by atoms with Crippen LogP contribution in [0.4, 0.5) is 0 Å². The molecule has 1 rings (SSSR count). The largest absolute Gasteiger partial charge is 0.376 e. The van der Waals surface area contributed by atoms with Crippen LogP contribution in [0.2, 0.25) is 0 Å². The van der Waals surface area contributed by atoms with Gasteiger partial charge in [-0.25, -0.2) is 0 Å². The fourth-order valence-corrected chi connectivity index (χ4v) is 1.61. The SMILES string of the molecule is C=CCNCC(=O)N(C)CC1CCCO1. The second kappa shape index (κ2) is 6.58. The molecule has 0 aliphatic carbocycles. The molecular weight excluding hydrogens is 192 g/mol. The van der Waals surface area contributed by atoms with Crippen molar-refractivity contribution >= 4 is 5.91 Å². The first kappa shape index (κ1) is 12.2. The summed E-state index contributed by atoms with van der Waals surface area (Å²) in [5.74, 6) is 0.104. The van der Waals surface area contributed by atoms with Crippen LogP contribution in [0.25, 0.3) is 0 Å². The first-order valence-electron chi connectivity index (χ1n) is 5.41. The number of rotatable bonds is 6. The van der Waals surface area contributed by atoms with Crippen LogP contribution in [0.3, 0.4) is 0 Å². The molecule has 15 heavy (non-hydrogen) atoms. The van der Waals surface area contributed by atoms with E-state index in [-0.39, 0.29) is 12.0 Å². The van der Waals surface area contributed by atoms with Crippen molar-refractivity contribution in [3.05, 3.63) is 12.7 Å². The summed E-state index contributed by atoms with van der Waals surface area (Å²) in [7, 11) is 1.82. The molecule has 0 saturated carbocycles. The number of hydrogen-bond acceptors (Lipinski definition) is 3. The molecule has 0 spiro atoms. The summed E-state index contributed by atoms with van der Waals surface area (Å²) in [6, 6.07) is 0. The number of amides is 1. The smallest absolute Gasteiger partial charge is 0.236 e. The lowest BCUT2D eigenvalue weighted by molar-refractivity contribution is -0.130. The number of ether oxygens (including phenoxy) is 1. The molecule has 1 saturated heterocycles. The minimum atomic E-state index is 0.104. The van der Waals surface area contributed by atoms with Crippen LogP contribution < -0.4 is 5.32 Å². The van der Waals surface area contributed by atoms with Crippen LogP contribution in [-0.4, -0.2) is 50.2 Å². The van der Waals surface area contributed by atoms with Gasteiger partial charge in [0, 0.05) is 26.7 Å². The highest BCUT2D eigenvalue weighted by Crippen LogP contribution is 2.12. The molecule has 1 heterocycles. The molecule has 1 aliphatic rings. The molecule has 4 heteroatoms. The van der Waals surface area contributed by atoms with Crippen molar-refractivity contribution in [3.63, 3.8) is 0 Å². The van der Waals surface area contributed by atoms with Gasteiger partial charge in [0.05, 0.1) is 12.6 Å². The van der Waals surface area contributed by atoms with E-state index in [1.165, 1.54) is 0 Å². The van der Waals surface area contributed by atoms with Crippen LogP contribution >= 0.6 is 0 Å². The van der Waals surface area contributed by atoms with E-state index in [2.05, 4.69) is 11.9 Å². The van der Waals surface area contributed by atoms with E-state index in [0.717, 1.165) is 19.4 Å². The van der Waals surface area contributed by atoms with Crippen LogP contribution in [0.15, 0.2) is 12.7 Å².